The van der Waals surface area contributed by atoms with Gasteiger partial charge in [-0.25, -0.2) is 0 Å². The number of likely N-dealkylation sites (tertiary alicyclic amines) is 1. The molecule has 1 aliphatic rings. The molecule has 0 aromatic heterocycles. The van der Waals surface area contributed by atoms with Crippen LogP contribution >= 0.6 is 15.9 Å². The Kier molecular flexibility index (Phi) is 8.83. The van der Waals surface area contributed by atoms with Gasteiger partial charge in [0, 0.05) is 24.8 Å². The van der Waals surface area contributed by atoms with E-state index >= 15 is 0 Å². The molecular formula is C17H32BrNO. The highest BCUT2D eigenvalue weighted by Gasteiger charge is 2.26. The monoisotopic (exact) mass is 345 g/mol. The Bertz CT molecular complexity index is 278. The van der Waals surface area contributed by atoms with Crippen LogP contribution in [0.5, 0.6) is 0 Å². The summed E-state index contributed by atoms with van der Waals surface area (Å²) in [6.45, 7) is 6.53. The van der Waals surface area contributed by atoms with Crippen molar-refractivity contribution in [3.63, 3.8) is 0 Å². The molecule has 0 unspecified atom stereocenters. The summed E-state index contributed by atoms with van der Waals surface area (Å²) in [4.78, 5) is 14.2. The summed E-state index contributed by atoms with van der Waals surface area (Å²) in [5, 5.41) is 1.14. The van der Waals surface area contributed by atoms with E-state index in [1.54, 1.807) is 0 Å². The lowest BCUT2D eigenvalue weighted by Crippen LogP contribution is -2.31. The van der Waals surface area contributed by atoms with E-state index in [9.17, 15) is 4.79 Å². The third-order valence-corrected chi connectivity index (χ3v) is 5.05. The Hall–Kier alpha value is -0.0500. The predicted molar refractivity (Wildman–Crippen MR) is 90.3 cm³/mol. The van der Waals surface area contributed by atoms with Crippen molar-refractivity contribution in [2.75, 3.05) is 18.4 Å². The molecule has 0 atom stereocenters. The summed E-state index contributed by atoms with van der Waals surface area (Å²) in [5.74, 6) is 0.382. The third kappa shape index (κ3) is 7.66. The number of halogens is 1. The SMILES string of the molecule is CC1(C)CCC(=O)N(CCCCCCCCCBr)CC1. The first-order valence-corrected chi connectivity index (χ1v) is 9.51. The topological polar surface area (TPSA) is 20.3 Å². The molecule has 0 radical (unpaired) electrons. The van der Waals surface area contributed by atoms with Gasteiger partial charge in [-0.05, 0) is 31.1 Å². The number of amides is 1. The lowest BCUT2D eigenvalue weighted by molar-refractivity contribution is -0.130. The molecule has 20 heavy (non-hydrogen) atoms. The number of hydrogen-bond acceptors (Lipinski definition) is 1. The molecule has 0 aliphatic carbocycles. The fourth-order valence-electron chi connectivity index (χ4n) is 2.81. The first-order valence-electron chi connectivity index (χ1n) is 8.39. The van der Waals surface area contributed by atoms with Crippen LogP contribution < -0.4 is 0 Å². The summed E-state index contributed by atoms with van der Waals surface area (Å²) in [6.07, 6.45) is 12.1. The van der Waals surface area contributed by atoms with Crippen LogP contribution in [0.1, 0.15) is 78.1 Å². The van der Waals surface area contributed by atoms with E-state index in [0.29, 0.717) is 11.3 Å². The zero-order valence-electron chi connectivity index (χ0n) is 13.4. The second kappa shape index (κ2) is 9.81. The first-order chi connectivity index (χ1) is 9.55. The smallest absolute Gasteiger partial charge is 0.222 e. The molecular weight excluding hydrogens is 314 g/mol. The number of carbonyl (C=O) groups is 1. The van der Waals surface area contributed by atoms with Gasteiger partial charge in [-0.3, -0.25) is 4.79 Å². The van der Waals surface area contributed by atoms with Crippen molar-refractivity contribution in [1.82, 2.24) is 4.90 Å². The largest absolute Gasteiger partial charge is 0.343 e. The normalized spacial score (nSPS) is 19.1. The minimum absolute atomic E-state index is 0.347. The summed E-state index contributed by atoms with van der Waals surface area (Å²) in [6, 6.07) is 0. The standard InChI is InChI=1S/C17H32BrNO/c1-17(2)11-10-16(20)19(15-12-17)14-9-7-5-3-4-6-8-13-18/h3-15H2,1-2H3. The zero-order chi connectivity index (χ0) is 14.8. The molecule has 0 aromatic rings. The molecule has 0 aromatic carbocycles. The lowest BCUT2D eigenvalue weighted by Gasteiger charge is -2.23. The van der Waals surface area contributed by atoms with Crippen molar-refractivity contribution in [3.05, 3.63) is 0 Å². The highest BCUT2D eigenvalue weighted by molar-refractivity contribution is 9.09. The van der Waals surface area contributed by atoms with E-state index in [2.05, 4.69) is 34.7 Å². The molecule has 1 aliphatic heterocycles. The molecule has 1 saturated heterocycles. The molecule has 0 bridgehead atoms. The van der Waals surface area contributed by atoms with Gasteiger partial charge < -0.3 is 4.90 Å². The van der Waals surface area contributed by atoms with Crippen LogP contribution in [0.15, 0.2) is 0 Å². The highest BCUT2D eigenvalue weighted by Crippen LogP contribution is 2.30. The van der Waals surface area contributed by atoms with Gasteiger partial charge in [0.05, 0.1) is 0 Å². The van der Waals surface area contributed by atoms with Crippen molar-refractivity contribution in [1.29, 1.82) is 0 Å². The van der Waals surface area contributed by atoms with Crippen LogP contribution in [0.25, 0.3) is 0 Å². The highest BCUT2D eigenvalue weighted by atomic mass is 79.9. The fourth-order valence-corrected chi connectivity index (χ4v) is 3.20. The second-order valence-electron chi connectivity index (χ2n) is 6.96. The van der Waals surface area contributed by atoms with Gasteiger partial charge in [-0.15, -0.1) is 0 Å². The van der Waals surface area contributed by atoms with E-state index in [0.717, 1.165) is 37.7 Å². The van der Waals surface area contributed by atoms with Crippen LogP contribution in [0.3, 0.4) is 0 Å². The lowest BCUT2D eigenvalue weighted by atomic mass is 9.85. The Labute approximate surface area is 133 Å². The third-order valence-electron chi connectivity index (χ3n) is 4.49. The Morgan fingerprint density at radius 2 is 1.60 bits per heavy atom. The number of alkyl halides is 1. The molecule has 3 heteroatoms. The Morgan fingerprint density at radius 1 is 1.00 bits per heavy atom. The first kappa shape index (κ1) is 18.0. The van der Waals surface area contributed by atoms with Crippen molar-refractivity contribution in [3.8, 4) is 0 Å². The second-order valence-corrected chi connectivity index (χ2v) is 7.75. The number of hydrogen-bond donors (Lipinski definition) is 0. The van der Waals surface area contributed by atoms with Crippen LogP contribution in [0.4, 0.5) is 0 Å². The molecule has 1 amide bonds. The van der Waals surface area contributed by atoms with Gasteiger partial charge in [-0.2, -0.15) is 0 Å². The summed E-state index contributed by atoms with van der Waals surface area (Å²) in [7, 11) is 0. The predicted octanol–water partition coefficient (Wildman–Crippen LogP) is 5.15. The molecule has 2 nitrogen and oxygen atoms in total. The molecule has 0 saturated carbocycles. The van der Waals surface area contributed by atoms with Crippen LogP contribution in [-0.2, 0) is 4.79 Å². The van der Waals surface area contributed by atoms with Gasteiger partial charge in [0.1, 0.15) is 0 Å². The molecule has 1 fully saturated rings. The number of rotatable bonds is 9. The van der Waals surface area contributed by atoms with E-state index in [1.165, 1.54) is 44.9 Å². The van der Waals surface area contributed by atoms with Crippen LogP contribution in [0.2, 0.25) is 0 Å². The van der Waals surface area contributed by atoms with Gasteiger partial charge in [0.15, 0.2) is 0 Å². The molecule has 0 spiro atoms. The summed E-state index contributed by atoms with van der Waals surface area (Å²) < 4.78 is 0. The molecule has 1 rings (SSSR count). The number of carbonyl (C=O) groups excluding carboxylic acids is 1. The maximum atomic E-state index is 12.1. The van der Waals surface area contributed by atoms with Crippen LogP contribution in [0, 0.1) is 5.41 Å². The number of nitrogens with zero attached hydrogens (tertiary/aromatic N) is 1. The minimum Gasteiger partial charge on any atom is -0.343 e. The van der Waals surface area contributed by atoms with Crippen molar-refractivity contribution in [2.24, 2.45) is 5.41 Å². The van der Waals surface area contributed by atoms with Gasteiger partial charge in [-0.1, -0.05) is 61.9 Å². The molecule has 1 heterocycles. The van der Waals surface area contributed by atoms with E-state index < -0.39 is 0 Å². The van der Waals surface area contributed by atoms with Crippen molar-refractivity contribution < 1.29 is 4.79 Å². The van der Waals surface area contributed by atoms with Gasteiger partial charge in [0.2, 0.25) is 5.91 Å². The summed E-state index contributed by atoms with van der Waals surface area (Å²) >= 11 is 3.47. The van der Waals surface area contributed by atoms with Gasteiger partial charge in [0.25, 0.3) is 0 Å². The molecule has 0 N–H and O–H groups in total. The maximum Gasteiger partial charge on any atom is 0.222 e. The maximum absolute atomic E-state index is 12.1. The van der Waals surface area contributed by atoms with E-state index in [1.807, 2.05) is 0 Å². The Balaban J connectivity index is 2.07. The number of unbranched alkanes of at least 4 members (excludes halogenated alkanes) is 6. The quantitative estimate of drug-likeness (QED) is 0.418. The van der Waals surface area contributed by atoms with Gasteiger partial charge >= 0.3 is 0 Å². The zero-order valence-corrected chi connectivity index (χ0v) is 15.0. The average molecular weight is 346 g/mol. The minimum atomic E-state index is 0.347. The average Bonchev–Trinajstić information content (AvgIpc) is 2.54. The van der Waals surface area contributed by atoms with E-state index in [-0.39, 0.29) is 0 Å². The Morgan fingerprint density at radius 3 is 2.25 bits per heavy atom. The molecule has 118 valence electrons. The van der Waals surface area contributed by atoms with Crippen LogP contribution in [-0.4, -0.2) is 29.2 Å². The van der Waals surface area contributed by atoms with E-state index in [4.69, 9.17) is 0 Å². The van der Waals surface area contributed by atoms with Crippen molar-refractivity contribution in [2.45, 2.75) is 78.1 Å². The summed E-state index contributed by atoms with van der Waals surface area (Å²) in [5.41, 5.74) is 0.347. The van der Waals surface area contributed by atoms with Crippen molar-refractivity contribution >= 4 is 21.8 Å². The fraction of sp³-hybridized carbons (Fsp3) is 0.941.